The van der Waals surface area contributed by atoms with Crippen molar-refractivity contribution in [1.29, 1.82) is 0 Å². The first-order valence-corrected chi connectivity index (χ1v) is 8.85. The predicted molar refractivity (Wildman–Crippen MR) is 91.4 cm³/mol. The molecule has 118 valence electrons. The van der Waals surface area contributed by atoms with Crippen LogP contribution in [0.15, 0.2) is 0 Å². The van der Waals surface area contributed by atoms with Gasteiger partial charge in [0.2, 0.25) is 0 Å². The maximum atomic E-state index is 5.62. The fraction of sp³-hybridized carbons (Fsp3) is 1.00. The molecule has 0 unspecified atom stereocenters. The molecule has 0 aromatic carbocycles. The van der Waals surface area contributed by atoms with Crippen LogP contribution in [0, 0.1) is 0 Å². The molecule has 0 aromatic rings. The summed E-state index contributed by atoms with van der Waals surface area (Å²) in [6, 6.07) is 0. The fourth-order valence-electron chi connectivity index (χ4n) is 1.94. The summed E-state index contributed by atoms with van der Waals surface area (Å²) in [4.78, 5) is 2.00. The van der Waals surface area contributed by atoms with Gasteiger partial charge in [-0.15, -0.1) is 11.6 Å². The third kappa shape index (κ3) is 32.1. The van der Waals surface area contributed by atoms with Gasteiger partial charge >= 0.3 is 0 Å². The molecule has 2 heteroatoms. The molecule has 0 aliphatic heterocycles. The normalized spacial score (nSPS) is 10.4. The first-order valence-electron chi connectivity index (χ1n) is 8.32. The molecular formula is C17H38ClN. The minimum atomic E-state index is 0.845. The number of alkyl halides is 1. The predicted octanol–water partition coefficient (Wildman–Crippen LogP) is 6.10. The van der Waals surface area contributed by atoms with Crippen molar-refractivity contribution in [2.75, 3.05) is 27.0 Å². The number of unbranched alkanes of at least 4 members (excludes halogenated alkanes) is 11. The van der Waals surface area contributed by atoms with Crippen LogP contribution in [0.2, 0.25) is 0 Å². The number of rotatable bonds is 12. The average molecular weight is 292 g/mol. The molecule has 0 saturated carbocycles. The fourth-order valence-corrected chi connectivity index (χ4v) is 2.12. The number of hydrogen-bond acceptors (Lipinski definition) is 1. The van der Waals surface area contributed by atoms with Crippen LogP contribution < -0.4 is 0 Å². The molecular weight excluding hydrogens is 254 g/mol. The Morgan fingerprint density at radius 1 is 0.579 bits per heavy atom. The van der Waals surface area contributed by atoms with Crippen molar-refractivity contribution in [3.8, 4) is 0 Å². The highest BCUT2D eigenvalue weighted by Crippen LogP contribution is 2.11. The summed E-state index contributed by atoms with van der Waals surface area (Å²) in [5.41, 5.74) is 0. The number of hydrogen-bond donors (Lipinski definition) is 0. The minimum Gasteiger partial charge on any atom is -0.312 e. The second-order valence-electron chi connectivity index (χ2n) is 5.92. The zero-order valence-electron chi connectivity index (χ0n) is 14.0. The first-order chi connectivity index (χ1) is 9.15. The Labute approximate surface area is 128 Å². The summed E-state index contributed by atoms with van der Waals surface area (Å²) in [7, 11) is 6.00. The second kappa shape index (κ2) is 20.6. The number of halogens is 1. The molecule has 0 fully saturated rings. The maximum Gasteiger partial charge on any atom is 0.0223 e. The summed E-state index contributed by atoms with van der Waals surface area (Å²) < 4.78 is 0. The minimum absolute atomic E-state index is 0.845. The van der Waals surface area contributed by atoms with E-state index in [2.05, 4.69) is 6.92 Å². The zero-order chi connectivity index (χ0) is 14.8. The van der Waals surface area contributed by atoms with Crippen molar-refractivity contribution in [2.24, 2.45) is 0 Å². The van der Waals surface area contributed by atoms with Gasteiger partial charge in [-0.3, -0.25) is 0 Å². The highest BCUT2D eigenvalue weighted by Gasteiger charge is 1.92. The molecule has 19 heavy (non-hydrogen) atoms. The molecule has 0 saturated heterocycles. The van der Waals surface area contributed by atoms with Gasteiger partial charge in [0, 0.05) is 5.88 Å². The molecule has 0 bridgehead atoms. The summed E-state index contributed by atoms with van der Waals surface area (Å²) >= 11 is 5.62. The lowest BCUT2D eigenvalue weighted by molar-refractivity contribution is 0.505. The van der Waals surface area contributed by atoms with Crippen molar-refractivity contribution in [3.63, 3.8) is 0 Å². The largest absolute Gasteiger partial charge is 0.312 e. The van der Waals surface area contributed by atoms with Gasteiger partial charge in [0.05, 0.1) is 0 Å². The topological polar surface area (TPSA) is 3.24 Å². The molecule has 0 aromatic heterocycles. The third-order valence-electron chi connectivity index (χ3n) is 2.99. The van der Waals surface area contributed by atoms with E-state index in [4.69, 9.17) is 11.6 Å². The lowest BCUT2D eigenvalue weighted by Crippen LogP contribution is -1.99. The van der Waals surface area contributed by atoms with Crippen LogP contribution >= 0.6 is 11.6 Å². The molecule has 0 radical (unpaired) electrons. The van der Waals surface area contributed by atoms with Crippen LogP contribution in [0.4, 0.5) is 0 Å². The summed E-state index contributed by atoms with van der Waals surface area (Å²) in [6.07, 6.45) is 16.9. The third-order valence-corrected chi connectivity index (χ3v) is 3.25. The van der Waals surface area contributed by atoms with Crippen molar-refractivity contribution >= 4 is 11.6 Å². The average Bonchev–Trinajstić information content (AvgIpc) is 2.35. The van der Waals surface area contributed by atoms with Crippen molar-refractivity contribution in [3.05, 3.63) is 0 Å². The van der Waals surface area contributed by atoms with Gasteiger partial charge < -0.3 is 4.90 Å². The van der Waals surface area contributed by atoms with E-state index < -0.39 is 0 Å². The number of nitrogens with zero attached hydrogens (tertiary/aromatic N) is 1. The highest BCUT2D eigenvalue weighted by atomic mass is 35.5. The highest BCUT2D eigenvalue weighted by molar-refractivity contribution is 6.17. The van der Waals surface area contributed by atoms with Crippen molar-refractivity contribution in [2.45, 2.75) is 84.0 Å². The Hall–Kier alpha value is 0.250. The summed E-state index contributed by atoms with van der Waals surface area (Å²) in [6.45, 7) is 2.28. The van der Waals surface area contributed by atoms with Gasteiger partial charge in [-0.2, -0.15) is 0 Å². The van der Waals surface area contributed by atoms with Gasteiger partial charge in [-0.1, -0.05) is 77.6 Å². The molecule has 0 aliphatic carbocycles. The van der Waals surface area contributed by atoms with Crippen molar-refractivity contribution in [1.82, 2.24) is 4.90 Å². The van der Waals surface area contributed by atoms with E-state index in [0.29, 0.717) is 0 Å². The Morgan fingerprint density at radius 3 is 1.11 bits per heavy atom. The SMILES string of the molecule is CCCCCCCCCCCCCCCl.CN(C)C. The maximum absolute atomic E-state index is 5.62. The van der Waals surface area contributed by atoms with Gasteiger partial charge in [0.25, 0.3) is 0 Å². The van der Waals surface area contributed by atoms with Crippen LogP contribution in [-0.4, -0.2) is 31.9 Å². The van der Waals surface area contributed by atoms with E-state index in [-0.39, 0.29) is 0 Å². The van der Waals surface area contributed by atoms with E-state index >= 15 is 0 Å². The van der Waals surface area contributed by atoms with Gasteiger partial charge in [0.15, 0.2) is 0 Å². The summed E-state index contributed by atoms with van der Waals surface area (Å²) in [5, 5.41) is 0. The molecule has 0 atom stereocenters. The van der Waals surface area contributed by atoms with E-state index in [1.165, 1.54) is 77.0 Å². The molecule has 0 amide bonds. The zero-order valence-corrected chi connectivity index (χ0v) is 14.8. The lowest BCUT2D eigenvalue weighted by Gasteiger charge is -2.01. The van der Waals surface area contributed by atoms with Gasteiger partial charge in [-0.25, -0.2) is 0 Å². The van der Waals surface area contributed by atoms with E-state index in [0.717, 1.165) is 5.88 Å². The Bertz CT molecular complexity index is 122. The van der Waals surface area contributed by atoms with Crippen LogP contribution in [-0.2, 0) is 0 Å². The lowest BCUT2D eigenvalue weighted by atomic mass is 10.1. The molecule has 0 N–H and O–H groups in total. The van der Waals surface area contributed by atoms with Gasteiger partial charge in [-0.05, 0) is 27.6 Å². The van der Waals surface area contributed by atoms with Crippen molar-refractivity contribution < 1.29 is 0 Å². The van der Waals surface area contributed by atoms with E-state index in [9.17, 15) is 0 Å². The van der Waals surface area contributed by atoms with Crippen LogP contribution in [0.3, 0.4) is 0 Å². The second-order valence-corrected chi connectivity index (χ2v) is 6.30. The summed E-state index contributed by atoms with van der Waals surface area (Å²) in [5.74, 6) is 0.845. The van der Waals surface area contributed by atoms with Crippen LogP contribution in [0.5, 0.6) is 0 Å². The van der Waals surface area contributed by atoms with Gasteiger partial charge in [0.1, 0.15) is 0 Å². The molecule has 0 heterocycles. The first kappa shape index (κ1) is 21.5. The molecule has 0 aliphatic rings. The smallest absolute Gasteiger partial charge is 0.0223 e. The van der Waals surface area contributed by atoms with Crippen LogP contribution in [0.1, 0.15) is 84.0 Å². The Kier molecular flexibility index (Phi) is 23.3. The van der Waals surface area contributed by atoms with Crippen LogP contribution in [0.25, 0.3) is 0 Å². The molecule has 1 nitrogen and oxygen atoms in total. The Balaban J connectivity index is 0. The van der Waals surface area contributed by atoms with E-state index in [1.807, 2.05) is 26.0 Å². The quantitative estimate of drug-likeness (QED) is 0.310. The molecule has 0 spiro atoms. The van der Waals surface area contributed by atoms with E-state index in [1.54, 1.807) is 0 Å². The monoisotopic (exact) mass is 291 g/mol. The standard InChI is InChI=1S/C14H29Cl.C3H9N/c1-2-3-4-5-6-7-8-9-10-11-12-13-14-15;1-4(2)3/h2-14H2,1H3;1-3H3. The molecule has 0 rings (SSSR count). The Morgan fingerprint density at radius 2 is 0.842 bits per heavy atom.